The average molecular weight is 344 g/mol. The molecule has 25 heavy (non-hydrogen) atoms. The largest absolute Gasteiger partial charge is 0.497 e. The van der Waals surface area contributed by atoms with Gasteiger partial charge in [0.25, 0.3) is 5.91 Å². The molecule has 6 heteroatoms. The third-order valence-electron chi connectivity index (χ3n) is 4.26. The molecule has 0 spiro atoms. The quantitative estimate of drug-likeness (QED) is 0.697. The fraction of sp³-hybridized carbons (Fsp3) is 0.526. The van der Waals surface area contributed by atoms with E-state index in [4.69, 9.17) is 4.74 Å². The first-order chi connectivity index (χ1) is 12.1. The number of aromatic nitrogens is 3. The van der Waals surface area contributed by atoms with Crippen molar-refractivity contribution in [2.24, 2.45) is 0 Å². The van der Waals surface area contributed by atoms with E-state index in [0.29, 0.717) is 5.69 Å². The second-order valence-electron chi connectivity index (χ2n) is 6.13. The Morgan fingerprint density at radius 3 is 2.24 bits per heavy atom. The van der Waals surface area contributed by atoms with Crippen LogP contribution in [0, 0.1) is 6.92 Å². The van der Waals surface area contributed by atoms with Gasteiger partial charge >= 0.3 is 0 Å². The van der Waals surface area contributed by atoms with Crippen molar-refractivity contribution in [3.05, 3.63) is 35.7 Å². The highest BCUT2D eigenvalue weighted by Gasteiger charge is 2.22. The number of methoxy groups -OCH3 is 1. The van der Waals surface area contributed by atoms with Gasteiger partial charge in [-0.2, -0.15) is 0 Å². The Labute approximate surface area is 149 Å². The smallest absolute Gasteiger partial charge is 0.276 e. The molecule has 0 unspecified atom stereocenters. The predicted molar refractivity (Wildman–Crippen MR) is 98.4 cm³/mol. The Morgan fingerprint density at radius 1 is 1.12 bits per heavy atom. The summed E-state index contributed by atoms with van der Waals surface area (Å²) in [6.07, 6.45) is 4.13. The van der Waals surface area contributed by atoms with Crippen LogP contribution in [0.15, 0.2) is 24.3 Å². The normalized spacial score (nSPS) is 10.7. The Balaban J connectivity index is 2.23. The summed E-state index contributed by atoms with van der Waals surface area (Å²) in [6, 6.07) is 7.54. The van der Waals surface area contributed by atoms with E-state index in [1.54, 1.807) is 11.8 Å². The lowest BCUT2D eigenvalue weighted by molar-refractivity contribution is 0.0744. The van der Waals surface area contributed by atoms with Crippen LogP contribution >= 0.6 is 0 Å². The van der Waals surface area contributed by atoms with Gasteiger partial charge in [-0.05, 0) is 44.0 Å². The minimum atomic E-state index is -0.0286. The van der Waals surface area contributed by atoms with E-state index in [1.165, 1.54) is 0 Å². The van der Waals surface area contributed by atoms with Gasteiger partial charge in [-0.15, -0.1) is 5.10 Å². The standard InChI is InChI=1S/C19H28N4O2/c1-5-7-13-22(14-8-6-2)19(24)18-15(3)23(21-20-18)16-9-11-17(25-4)12-10-16/h9-12H,5-8,13-14H2,1-4H3. The third-order valence-corrected chi connectivity index (χ3v) is 4.26. The van der Waals surface area contributed by atoms with E-state index >= 15 is 0 Å². The van der Waals surface area contributed by atoms with Gasteiger partial charge in [-0.1, -0.05) is 31.9 Å². The van der Waals surface area contributed by atoms with Crippen molar-refractivity contribution < 1.29 is 9.53 Å². The number of benzene rings is 1. The van der Waals surface area contributed by atoms with Gasteiger partial charge in [0.05, 0.1) is 18.5 Å². The second-order valence-corrected chi connectivity index (χ2v) is 6.13. The van der Waals surface area contributed by atoms with Crippen LogP contribution in [0.5, 0.6) is 5.75 Å². The van der Waals surface area contributed by atoms with Gasteiger partial charge in [-0.3, -0.25) is 4.79 Å². The highest BCUT2D eigenvalue weighted by atomic mass is 16.5. The summed E-state index contributed by atoms with van der Waals surface area (Å²) in [4.78, 5) is 14.8. The van der Waals surface area contributed by atoms with Crippen LogP contribution in [0.25, 0.3) is 5.69 Å². The van der Waals surface area contributed by atoms with Crippen LogP contribution in [-0.2, 0) is 0 Å². The Kier molecular flexibility index (Phi) is 6.98. The summed E-state index contributed by atoms with van der Waals surface area (Å²) in [5, 5.41) is 8.35. The molecular weight excluding hydrogens is 316 g/mol. The van der Waals surface area contributed by atoms with Gasteiger partial charge < -0.3 is 9.64 Å². The SMILES string of the molecule is CCCCN(CCCC)C(=O)c1nnn(-c2ccc(OC)cc2)c1C. The van der Waals surface area contributed by atoms with Crippen LogP contribution < -0.4 is 4.74 Å². The topological polar surface area (TPSA) is 60.2 Å². The lowest BCUT2D eigenvalue weighted by Gasteiger charge is -2.21. The summed E-state index contributed by atoms with van der Waals surface area (Å²) >= 11 is 0. The van der Waals surface area contributed by atoms with Crippen LogP contribution in [0.3, 0.4) is 0 Å². The average Bonchev–Trinajstić information content (AvgIpc) is 3.03. The van der Waals surface area contributed by atoms with Crippen LogP contribution in [0.4, 0.5) is 0 Å². The first kappa shape index (κ1) is 19.0. The van der Waals surface area contributed by atoms with Crippen molar-refractivity contribution in [1.82, 2.24) is 19.9 Å². The number of ether oxygens (including phenoxy) is 1. The number of hydrogen-bond acceptors (Lipinski definition) is 4. The molecule has 136 valence electrons. The minimum absolute atomic E-state index is 0.0286. The van der Waals surface area contributed by atoms with Crippen molar-refractivity contribution >= 4 is 5.91 Å². The second kappa shape index (κ2) is 9.20. The number of unbranched alkanes of at least 4 members (excludes halogenated alkanes) is 2. The molecule has 0 aliphatic heterocycles. The molecule has 0 N–H and O–H groups in total. The Hall–Kier alpha value is -2.37. The zero-order valence-electron chi connectivity index (χ0n) is 15.7. The highest BCUT2D eigenvalue weighted by Crippen LogP contribution is 2.18. The van der Waals surface area contributed by atoms with E-state index in [1.807, 2.05) is 36.1 Å². The first-order valence-corrected chi connectivity index (χ1v) is 8.98. The Morgan fingerprint density at radius 2 is 1.72 bits per heavy atom. The summed E-state index contributed by atoms with van der Waals surface area (Å²) in [7, 11) is 1.63. The first-order valence-electron chi connectivity index (χ1n) is 8.98. The van der Waals surface area contributed by atoms with Crippen molar-refractivity contribution in [3.8, 4) is 11.4 Å². The number of carbonyl (C=O) groups is 1. The molecular formula is C19H28N4O2. The minimum Gasteiger partial charge on any atom is -0.497 e. The van der Waals surface area contributed by atoms with E-state index in [9.17, 15) is 4.79 Å². The maximum absolute atomic E-state index is 12.9. The summed E-state index contributed by atoms with van der Waals surface area (Å²) in [6.45, 7) is 7.69. The van der Waals surface area contributed by atoms with E-state index < -0.39 is 0 Å². The Bertz CT molecular complexity index is 671. The number of carbonyl (C=O) groups excluding carboxylic acids is 1. The number of nitrogens with zero attached hydrogens (tertiary/aromatic N) is 4. The molecule has 2 aromatic rings. The zero-order chi connectivity index (χ0) is 18.2. The molecule has 0 atom stereocenters. The maximum Gasteiger partial charge on any atom is 0.276 e. The number of rotatable bonds is 9. The van der Waals surface area contributed by atoms with E-state index in [0.717, 1.165) is 55.9 Å². The molecule has 0 radical (unpaired) electrons. The molecule has 1 aromatic carbocycles. The predicted octanol–water partition coefficient (Wildman–Crippen LogP) is 3.63. The monoisotopic (exact) mass is 344 g/mol. The van der Waals surface area contributed by atoms with E-state index in [2.05, 4.69) is 24.2 Å². The van der Waals surface area contributed by atoms with Crippen LogP contribution in [-0.4, -0.2) is 46.0 Å². The van der Waals surface area contributed by atoms with Crippen LogP contribution in [0.1, 0.15) is 55.7 Å². The zero-order valence-corrected chi connectivity index (χ0v) is 15.7. The van der Waals surface area contributed by atoms with Crippen molar-refractivity contribution in [2.75, 3.05) is 20.2 Å². The van der Waals surface area contributed by atoms with Gasteiger partial charge in [-0.25, -0.2) is 4.68 Å². The summed E-state index contributed by atoms with van der Waals surface area (Å²) in [5.41, 5.74) is 2.05. The fourth-order valence-corrected chi connectivity index (χ4v) is 2.66. The molecule has 0 aliphatic carbocycles. The molecule has 6 nitrogen and oxygen atoms in total. The lowest BCUT2D eigenvalue weighted by Crippen LogP contribution is -2.33. The molecule has 0 saturated heterocycles. The maximum atomic E-state index is 12.9. The van der Waals surface area contributed by atoms with Crippen molar-refractivity contribution in [2.45, 2.75) is 46.5 Å². The highest BCUT2D eigenvalue weighted by molar-refractivity contribution is 5.93. The molecule has 2 rings (SSSR count). The van der Waals surface area contributed by atoms with Gasteiger partial charge in [0.1, 0.15) is 5.75 Å². The lowest BCUT2D eigenvalue weighted by atomic mass is 10.2. The molecule has 1 aromatic heterocycles. The summed E-state index contributed by atoms with van der Waals surface area (Å²) < 4.78 is 6.88. The fourth-order valence-electron chi connectivity index (χ4n) is 2.66. The third kappa shape index (κ3) is 4.59. The molecule has 1 heterocycles. The molecule has 0 bridgehead atoms. The van der Waals surface area contributed by atoms with Gasteiger partial charge in [0.15, 0.2) is 5.69 Å². The van der Waals surface area contributed by atoms with Gasteiger partial charge in [0.2, 0.25) is 0 Å². The molecule has 0 fully saturated rings. The number of amides is 1. The van der Waals surface area contributed by atoms with Crippen molar-refractivity contribution in [1.29, 1.82) is 0 Å². The number of hydrogen-bond donors (Lipinski definition) is 0. The molecule has 0 saturated carbocycles. The summed E-state index contributed by atoms with van der Waals surface area (Å²) in [5.74, 6) is 0.752. The van der Waals surface area contributed by atoms with E-state index in [-0.39, 0.29) is 5.91 Å². The molecule has 0 aliphatic rings. The van der Waals surface area contributed by atoms with Crippen LogP contribution in [0.2, 0.25) is 0 Å². The molecule has 1 amide bonds. The van der Waals surface area contributed by atoms with Crippen molar-refractivity contribution in [3.63, 3.8) is 0 Å². The van der Waals surface area contributed by atoms with Gasteiger partial charge in [0, 0.05) is 13.1 Å².